The Morgan fingerprint density at radius 2 is 2.21 bits per heavy atom. The number of hydrogen-bond donors (Lipinski definition) is 1. The van der Waals surface area contributed by atoms with Crippen LogP contribution < -0.4 is 11.2 Å². The van der Waals surface area contributed by atoms with Gasteiger partial charge < -0.3 is 9.84 Å². The summed E-state index contributed by atoms with van der Waals surface area (Å²) in [5.74, 6) is 0. The molecule has 0 aliphatic carbocycles. The summed E-state index contributed by atoms with van der Waals surface area (Å²) in [6, 6.07) is 1.28. The quantitative estimate of drug-likeness (QED) is 0.601. The number of ether oxygens (including phenoxy) is 1. The van der Waals surface area contributed by atoms with Crippen LogP contribution in [0, 0.1) is 0 Å². The van der Waals surface area contributed by atoms with Crippen molar-refractivity contribution in [3.05, 3.63) is 33.1 Å². The van der Waals surface area contributed by atoms with Crippen molar-refractivity contribution in [2.24, 2.45) is 7.05 Å². The summed E-state index contributed by atoms with van der Waals surface area (Å²) in [7, 11) is 1.40. The molecule has 1 N–H and O–H groups in total. The van der Waals surface area contributed by atoms with Crippen LogP contribution in [0.1, 0.15) is 0 Å². The van der Waals surface area contributed by atoms with Gasteiger partial charge in [-0.2, -0.15) is 0 Å². The third-order valence-electron chi connectivity index (χ3n) is 1.73. The van der Waals surface area contributed by atoms with E-state index in [4.69, 9.17) is 9.84 Å². The molecule has 1 aromatic heterocycles. The second-order valence-electron chi connectivity index (χ2n) is 2.73. The molecule has 78 valence electrons. The van der Waals surface area contributed by atoms with Crippen LogP contribution in [0.25, 0.3) is 0 Å². The van der Waals surface area contributed by atoms with Crippen molar-refractivity contribution in [3.63, 3.8) is 0 Å². The Balaban J connectivity index is 2.84. The fraction of sp³-hybridized carbons (Fsp3) is 0.500. The molecule has 0 saturated carbocycles. The number of aliphatic hydroxyl groups excluding tert-OH is 1. The number of nitrogens with zero attached hydrogens (tertiary/aromatic N) is 2. The van der Waals surface area contributed by atoms with Crippen molar-refractivity contribution < 1.29 is 9.84 Å². The molecule has 0 amide bonds. The Morgan fingerprint density at radius 3 is 2.86 bits per heavy atom. The third-order valence-corrected chi connectivity index (χ3v) is 1.73. The summed E-state index contributed by atoms with van der Waals surface area (Å²) in [6.07, 6.45) is 1.36. The zero-order valence-corrected chi connectivity index (χ0v) is 7.84. The minimum atomic E-state index is -0.435. The van der Waals surface area contributed by atoms with Gasteiger partial charge >= 0.3 is 5.69 Å². The topological polar surface area (TPSA) is 73.5 Å². The molecule has 0 fully saturated rings. The molecule has 14 heavy (non-hydrogen) atoms. The molecular weight excluding hydrogens is 188 g/mol. The highest BCUT2D eigenvalue weighted by atomic mass is 16.5. The van der Waals surface area contributed by atoms with Crippen molar-refractivity contribution in [2.75, 3.05) is 13.2 Å². The Morgan fingerprint density at radius 1 is 1.50 bits per heavy atom. The standard InChI is InChI=1S/C8H12N2O4/c1-9-7(12)2-3-10(8(9)13)6-14-5-4-11/h2-3,11H,4-6H2,1H3. The highest BCUT2D eigenvalue weighted by Gasteiger charge is 1.99. The minimum Gasteiger partial charge on any atom is -0.394 e. The zero-order chi connectivity index (χ0) is 10.6. The second kappa shape index (κ2) is 4.73. The lowest BCUT2D eigenvalue weighted by molar-refractivity contribution is 0.0450. The molecule has 1 rings (SSSR count). The van der Waals surface area contributed by atoms with Crippen LogP contribution in [0.5, 0.6) is 0 Å². The van der Waals surface area contributed by atoms with Crippen LogP contribution in [-0.2, 0) is 18.5 Å². The van der Waals surface area contributed by atoms with Crippen molar-refractivity contribution in [1.29, 1.82) is 0 Å². The van der Waals surface area contributed by atoms with Gasteiger partial charge in [0.15, 0.2) is 0 Å². The molecule has 0 atom stereocenters. The van der Waals surface area contributed by atoms with Gasteiger partial charge in [-0.3, -0.25) is 13.9 Å². The van der Waals surface area contributed by atoms with Crippen LogP contribution in [0.4, 0.5) is 0 Å². The summed E-state index contributed by atoms with van der Waals surface area (Å²) in [6.45, 7) is 0.101. The van der Waals surface area contributed by atoms with E-state index in [9.17, 15) is 9.59 Å². The lowest BCUT2D eigenvalue weighted by Gasteiger charge is -2.06. The maximum atomic E-state index is 11.4. The van der Waals surface area contributed by atoms with E-state index in [1.54, 1.807) is 0 Å². The van der Waals surface area contributed by atoms with E-state index in [0.29, 0.717) is 0 Å². The molecular formula is C8H12N2O4. The molecule has 6 nitrogen and oxygen atoms in total. The summed E-state index contributed by atoms with van der Waals surface area (Å²) in [5.41, 5.74) is -0.788. The molecule has 1 aromatic rings. The molecule has 6 heteroatoms. The van der Waals surface area contributed by atoms with Crippen molar-refractivity contribution in [3.8, 4) is 0 Å². The van der Waals surface area contributed by atoms with Crippen LogP contribution in [0.3, 0.4) is 0 Å². The monoisotopic (exact) mass is 200 g/mol. The van der Waals surface area contributed by atoms with Gasteiger partial charge in [-0.05, 0) is 0 Å². The molecule has 0 spiro atoms. The molecule has 0 aliphatic heterocycles. The molecule has 0 radical (unpaired) electrons. The van der Waals surface area contributed by atoms with Gasteiger partial charge in [-0.15, -0.1) is 0 Å². The summed E-state index contributed by atoms with van der Waals surface area (Å²) in [5, 5.41) is 8.44. The fourth-order valence-electron chi connectivity index (χ4n) is 0.942. The van der Waals surface area contributed by atoms with Gasteiger partial charge in [0.2, 0.25) is 0 Å². The number of aromatic nitrogens is 2. The van der Waals surface area contributed by atoms with Crippen molar-refractivity contribution in [1.82, 2.24) is 9.13 Å². The number of rotatable bonds is 4. The fourth-order valence-corrected chi connectivity index (χ4v) is 0.942. The van der Waals surface area contributed by atoms with E-state index < -0.39 is 5.69 Å². The van der Waals surface area contributed by atoms with E-state index in [-0.39, 0.29) is 25.5 Å². The summed E-state index contributed by atoms with van der Waals surface area (Å²) < 4.78 is 7.18. The lowest BCUT2D eigenvalue weighted by Crippen LogP contribution is -2.37. The van der Waals surface area contributed by atoms with Gasteiger partial charge in [0.25, 0.3) is 5.56 Å². The smallest absolute Gasteiger partial charge is 0.332 e. The predicted octanol–water partition coefficient (Wildman–Crippen LogP) is -1.49. The first-order valence-electron chi connectivity index (χ1n) is 4.12. The van der Waals surface area contributed by atoms with E-state index in [0.717, 1.165) is 4.57 Å². The van der Waals surface area contributed by atoms with Gasteiger partial charge in [-0.1, -0.05) is 0 Å². The maximum absolute atomic E-state index is 11.4. The van der Waals surface area contributed by atoms with Crippen LogP contribution in [-0.4, -0.2) is 27.5 Å². The second-order valence-corrected chi connectivity index (χ2v) is 2.73. The first kappa shape index (κ1) is 10.7. The van der Waals surface area contributed by atoms with Crippen molar-refractivity contribution in [2.45, 2.75) is 6.73 Å². The lowest BCUT2D eigenvalue weighted by atomic mass is 10.6. The van der Waals surface area contributed by atoms with Gasteiger partial charge in [-0.25, -0.2) is 4.79 Å². The molecule has 0 aliphatic rings. The average Bonchev–Trinajstić information content (AvgIpc) is 2.18. The molecule has 0 aromatic carbocycles. The van der Waals surface area contributed by atoms with Gasteiger partial charge in [0.05, 0.1) is 13.2 Å². The SMILES string of the molecule is Cn1c(=O)ccn(COCCO)c1=O. The Hall–Kier alpha value is -1.40. The molecule has 0 bridgehead atoms. The van der Waals surface area contributed by atoms with E-state index in [1.807, 2.05) is 0 Å². The first-order valence-corrected chi connectivity index (χ1v) is 4.12. The molecule has 0 unspecified atom stereocenters. The normalized spacial score (nSPS) is 10.4. The zero-order valence-electron chi connectivity index (χ0n) is 7.84. The maximum Gasteiger partial charge on any atom is 0.332 e. The van der Waals surface area contributed by atoms with Crippen LogP contribution in [0.15, 0.2) is 21.9 Å². The van der Waals surface area contributed by atoms with Crippen molar-refractivity contribution >= 4 is 0 Å². The van der Waals surface area contributed by atoms with Gasteiger partial charge in [0, 0.05) is 19.3 Å². The number of aliphatic hydroxyl groups is 1. The molecule has 1 heterocycles. The Bertz CT molecular complexity index is 407. The van der Waals surface area contributed by atoms with E-state index in [1.165, 1.54) is 23.9 Å². The Labute approximate surface area is 80.0 Å². The first-order chi connectivity index (χ1) is 6.66. The third kappa shape index (κ3) is 2.30. The average molecular weight is 200 g/mol. The summed E-state index contributed by atoms with van der Waals surface area (Å²) in [4.78, 5) is 22.4. The predicted molar refractivity (Wildman–Crippen MR) is 49.0 cm³/mol. The van der Waals surface area contributed by atoms with Crippen LogP contribution in [0.2, 0.25) is 0 Å². The largest absolute Gasteiger partial charge is 0.394 e. The number of hydrogen-bond acceptors (Lipinski definition) is 4. The Kier molecular flexibility index (Phi) is 3.61. The van der Waals surface area contributed by atoms with E-state index >= 15 is 0 Å². The highest BCUT2D eigenvalue weighted by molar-refractivity contribution is 4.84. The molecule has 0 saturated heterocycles. The minimum absolute atomic E-state index is 0.0352. The highest BCUT2D eigenvalue weighted by Crippen LogP contribution is 1.80. The van der Waals surface area contributed by atoms with Gasteiger partial charge in [0.1, 0.15) is 6.73 Å². The van der Waals surface area contributed by atoms with E-state index in [2.05, 4.69) is 0 Å². The van der Waals surface area contributed by atoms with Crippen LogP contribution >= 0.6 is 0 Å². The summed E-state index contributed by atoms with van der Waals surface area (Å²) >= 11 is 0.